The number of hydrogen-bond donors (Lipinski definition) is 1. The predicted octanol–water partition coefficient (Wildman–Crippen LogP) is 4.95. The second kappa shape index (κ2) is 9.20. The summed E-state index contributed by atoms with van der Waals surface area (Å²) in [5.41, 5.74) is 3.30. The van der Waals surface area contributed by atoms with Crippen molar-refractivity contribution in [3.63, 3.8) is 0 Å². The predicted molar refractivity (Wildman–Crippen MR) is 141 cm³/mol. The van der Waals surface area contributed by atoms with Gasteiger partial charge in [0.25, 0.3) is 10.0 Å². The van der Waals surface area contributed by atoms with Gasteiger partial charge in [-0.25, -0.2) is 17.4 Å². The lowest BCUT2D eigenvalue weighted by molar-refractivity contribution is -0.0263. The summed E-state index contributed by atoms with van der Waals surface area (Å²) in [6.07, 6.45) is 3.14. The standard InChI is InChI=1S/C28H28N4O3S/c1-31-16-14-22(15-17-31)35-27(28-29-24-9-5-6-10-25(24)30-28)21-12-11-20-13-18-32(26(20)19-21)36(33,34)23-7-3-2-4-8-23/h2-13,18-19,22,27H,14-17H2,1H3,(H,29,30). The first-order chi connectivity index (χ1) is 17.5. The quantitative estimate of drug-likeness (QED) is 0.357. The number of hydrogen-bond acceptors (Lipinski definition) is 5. The molecule has 0 radical (unpaired) electrons. The van der Waals surface area contributed by atoms with E-state index in [9.17, 15) is 8.42 Å². The van der Waals surface area contributed by atoms with Crippen LogP contribution in [-0.4, -0.2) is 53.5 Å². The summed E-state index contributed by atoms with van der Waals surface area (Å²) in [6, 6.07) is 24.1. The average Bonchev–Trinajstić information content (AvgIpc) is 3.53. The van der Waals surface area contributed by atoms with Gasteiger partial charge in [0.15, 0.2) is 0 Å². The van der Waals surface area contributed by atoms with Crippen LogP contribution in [0.4, 0.5) is 0 Å². The third-order valence-corrected chi connectivity index (χ3v) is 8.64. The molecule has 1 unspecified atom stereocenters. The zero-order valence-corrected chi connectivity index (χ0v) is 20.9. The van der Waals surface area contributed by atoms with Crippen LogP contribution in [0.25, 0.3) is 21.9 Å². The maximum atomic E-state index is 13.4. The molecule has 0 spiro atoms. The summed E-state index contributed by atoms with van der Waals surface area (Å²) in [5.74, 6) is 0.721. The summed E-state index contributed by atoms with van der Waals surface area (Å²) < 4.78 is 34.9. The number of nitrogens with one attached hydrogen (secondary N) is 1. The fraction of sp³-hybridized carbons (Fsp3) is 0.250. The van der Waals surface area contributed by atoms with Gasteiger partial charge in [-0.05, 0) is 61.9 Å². The monoisotopic (exact) mass is 500 g/mol. The molecule has 36 heavy (non-hydrogen) atoms. The van der Waals surface area contributed by atoms with Crippen LogP contribution in [0.2, 0.25) is 0 Å². The number of para-hydroxylation sites is 2. The van der Waals surface area contributed by atoms with Gasteiger partial charge in [0.1, 0.15) is 11.9 Å². The Hall–Kier alpha value is -3.46. The van der Waals surface area contributed by atoms with Crippen LogP contribution in [0.1, 0.15) is 30.3 Å². The minimum atomic E-state index is -3.74. The molecule has 8 heteroatoms. The largest absolute Gasteiger partial charge is 0.362 e. The van der Waals surface area contributed by atoms with E-state index in [1.807, 2.05) is 54.6 Å². The first-order valence-electron chi connectivity index (χ1n) is 12.2. The number of fused-ring (bicyclic) bond motifs is 2. The highest BCUT2D eigenvalue weighted by Gasteiger charge is 2.27. The van der Waals surface area contributed by atoms with Crippen molar-refractivity contribution < 1.29 is 13.2 Å². The molecule has 0 amide bonds. The van der Waals surface area contributed by atoms with Crippen LogP contribution in [0.15, 0.2) is 90.0 Å². The van der Waals surface area contributed by atoms with E-state index in [4.69, 9.17) is 9.72 Å². The van der Waals surface area contributed by atoms with Crippen molar-refractivity contribution in [2.24, 2.45) is 0 Å². The Morgan fingerprint density at radius 2 is 1.72 bits per heavy atom. The van der Waals surface area contributed by atoms with E-state index in [1.165, 1.54) is 3.97 Å². The molecule has 1 aliphatic heterocycles. The Kier molecular flexibility index (Phi) is 5.87. The van der Waals surface area contributed by atoms with Gasteiger partial charge in [-0.2, -0.15) is 0 Å². The van der Waals surface area contributed by atoms with Gasteiger partial charge >= 0.3 is 0 Å². The number of likely N-dealkylation sites (tertiary alicyclic amines) is 1. The number of imidazole rings is 1. The minimum absolute atomic E-state index is 0.0925. The third-order valence-electron chi connectivity index (χ3n) is 6.93. The van der Waals surface area contributed by atoms with Crippen LogP contribution < -0.4 is 0 Å². The zero-order valence-electron chi connectivity index (χ0n) is 20.0. The molecule has 3 heterocycles. The zero-order chi connectivity index (χ0) is 24.7. The van der Waals surface area contributed by atoms with Gasteiger partial charge in [-0.1, -0.05) is 42.5 Å². The van der Waals surface area contributed by atoms with Crippen molar-refractivity contribution >= 4 is 32.0 Å². The van der Waals surface area contributed by atoms with Crippen molar-refractivity contribution in [3.05, 3.63) is 96.4 Å². The van der Waals surface area contributed by atoms with E-state index in [1.54, 1.807) is 30.5 Å². The van der Waals surface area contributed by atoms with Gasteiger partial charge in [0.05, 0.1) is 27.5 Å². The van der Waals surface area contributed by atoms with Gasteiger partial charge < -0.3 is 14.6 Å². The number of aromatic amines is 1. The fourth-order valence-corrected chi connectivity index (χ4v) is 6.28. The molecule has 2 aromatic heterocycles. The van der Waals surface area contributed by atoms with Crippen molar-refractivity contribution in [2.45, 2.75) is 29.9 Å². The fourth-order valence-electron chi connectivity index (χ4n) is 4.91. The van der Waals surface area contributed by atoms with E-state index in [2.05, 4.69) is 16.9 Å². The molecule has 184 valence electrons. The van der Waals surface area contributed by atoms with Crippen molar-refractivity contribution in [1.29, 1.82) is 0 Å². The first kappa shape index (κ1) is 23.0. The van der Waals surface area contributed by atoms with Gasteiger partial charge in [-0.15, -0.1) is 0 Å². The van der Waals surface area contributed by atoms with Crippen LogP contribution >= 0.6 is 0 Å². The van der Waals surface area contributed by atoms with E-state index in [0.717, 1.165) is 53.7 Å². The second-order valence-electron chi connectivity index (χ2n) is 9.41. The Morgan fingerprint density at radius 3 is 2.50 bits per heavy atom. The van der Waals surface area contributed by atoms with E-state index < -0.39 is 16.1 Å². The number of benzene rings is 3. The SMILES string of the molecule is CN1CCC(OC(c2ccc3ccn(S(=O)(=O)c4ccccc4)c3c2)c2nc3ccccc3[nH]2)CC1. The second-order valence-corrected chi connectivity index (χ2v) is 11.2. The molecular formula is C28H28N4O3S. The van der Waals surface area contributed by atoms with E-state index in [-0.39, 0.29) is 11.0 Å². The van der Waals surface area contributed by atoms with Crippen LogP contribution in [-0.2, 0) is 14.8 Å². The van der Waals surface area contributed by atoms with Gasteiger partial charge in [-0.3, -0.25) is 0 Å². The van der Waals surface area contributed by atoms with Crippen molar-refractivity contribution in [2.75, 3.05) is 20.1 Å². The Bertz CT molecular complexity index is 1580. The number of piperidine rings is 1. The van der Waals surface area contributed by atoms with E-state index in [0.29, 0.717) is 5.52 Å². The molecule has 3 aromatic carbocycles. The highest BCUT2D eigenvalue weighted by Crippen LogP contribution is 2.33. The highest BCUT2D eigenvalue weighted by atomic mass is 32.2. The van der Waals surface area contributed by atoms with Gasteiger partial charge in [0, 0.05) is 24.7 Å². The topological polar surface area (TPSA) is 80.2 Å². The van der Waals surface area contributed by atoms with E-state index >= 15 is 0 Å². The molecule has 1 fully saturated rings. The number of nitrogens with zero attached hydrogens (tertiary/aromatic N) is 3. The molecule has 0 aliphatic carbocycles. The molecule has 5 aromatic rings. The van der Waals surface area contributed by atoms with Crippen molar-refractivity contribution in [1.82, 2.24) is 18.8 Å². The number of ether oxygens (including phenoxy) is 1. The lowest BCUT2D eigenvalue weighted by Gasteiger charge is -2.31. The summed E-state index contributed by atoms with van der Waals surface area (Å²) >= 11 is 0. The smallest absolute Gasteiger partial charge is 0.268 e. The summed E-state index contributed by atoms with van der Waals surface area (Å²) in [5, 5.41) is 0.848. The van der Waals surface area contributed by atoms with Crippen LogP contribution in [0, 0.1) is 0 Å². The molecular weight excluding hydrogens is 472 g/mol. The normalized spacial score (nSPS) is 16.6. The molecule has 0 saturated carbocycles. The lowest BCUT2D eigenvalue weighted by atomic mass is 10.0. The van der Waals surface area contributed by atoms with Gasteiger partial charge in [0.2, 0.25) is 0 Å². The van der Waals surface area contributed by atoms with Crippen LogP contribution in [0.5, 0.6) is 0 Å². The highest BCUT2D eigenvalue weighted by molar-refractivity contribution is 7.90. The third kappa shape index (κ3) is 4.21. The Morgan fingerprint density at radius 1 is 0.972 bits per heavy atom. The molecule has 1 atom stereocenters. The molecule has 0 bridgehead atoms. The lowest BCUT2D eigenvalue weighted by Crippen LogP contribution is -2.35. The summed E-state index contributed by atoms with van der Waals surface area (Å²) in [4.78, 5) is 10.8. The maximum Gasteiger partial charge on any atom is 0.268 e. The first-order valence-corrected chi connectivity index (χ1v) is 13.6. The average molecular weight is 501 g/mol. The molecule has 7 nitrogen and oxygen atoms in total. The molecule has 1 N–H and O–H groups in total. The molecule has 1 saturated heterocycles. The maximum absolute atomic E-state index is 13.4. The minimum Gasteiger partial charge on any atom is -0.362 e. The Labute approximate surface area is 210 Å². The number of H-pyrrole nitrogens is 1. The summed E-state index contributed by atoms with van der Waals surface area (Å²) in [7, 11) is -1.61. The molecule has 6 rings (SSSR count). The number of aromatic nitrogens is 3. The van der Waals surface area contributed by atoms with Crippen molar-refractivity contribution in [3.8, 4) is 0 Å². The number of rotatable bonds is 6. The Balaban J connectivity index is 1.44. The summed E-state index contributed by atoms with van der Waals surface area (Å²) in [6.45, 7) is 1.96. The van der Waals surface area contributed by atoms with Crippen LogP contribution in [0.3, 0.4) is 0 Å². The molecule has 1 aliphatic rings.